The van der Waals surface area contributed by atoms with Crippen LogP contribution in [0.3, 0.4) is 0 Å². The topological polar surface area (TPSA) is 55.1 Å². The zero-order valence-electron chi connectivity index (χ0n) is 12.2. The van der Waals surface area contributed by atoms with Gasteiger partial charge in [-0.1, -0.05) is 38.9 Å². The summed E-state index contributed by atoms with van der Waals surface area (Å²) in [4.78, 5) is 12.7. The van der Waals surface area contributed by atoms with E-state index in [1.54, 1.807) is 0 Å². The van der Waals surface area contributed by atoms with Crippen LogP contribution in [0, 0.1) is 17.0 Å². The summed E-state index contributed by atoms with van der Waals surface area (Å²) in [6.07, 6.45) is 2.52. The van der Waals surface area contributed by atoms with E-state index >= 15 is 0 Å². The van der Waals surface area contributed by atoms with Gasteiger partial charge in [-0.3, -0.25) is 4.79 Å². The lowest BCUT2D eigenvalue weighted by Crippen LogP contribution is -2.46. The number of nitrogens with two attached hydrogens (primary N) is 1. The Hall–Kier alpha value is -1.56. The second-order valence-corrected chi connectivity index (χ2v) is 5.47. The highest BCUT2D eigenvalue weighted by atomic mass is 32.1. The lowest BCUT2D eigenvalue weighted by atomic mass is 9.78. The number of hydrogen-bond acceptors (Lipinski definition) is 2. The normalized spacial score (nSPS) is 11.2. The van der Waals surface area contributed by atoms with Crippen LogP contribution in [0.2, 0.25) is 0 Å². The SMILES string of the molecule is CCCC(CCC)(C(=O)Nc1ccc(F)c(F)c1)C(N)=S. The number of halogens is 2. The van der Waals surface area contributed by atoms with Gasteiger partial charge in [-0.05, 0) is 25.0 Å². The number of carbonyl (C=O) groups excluding carboxylic acids is 1. The predicted molar refractivity (Wildman–Crippen MR) is 84.0 cm³/mol. The van der Waals surface area contributed by atoms with Crippen LogP contribution in [0.4, 0.5) is 14.5 Å². The third-order valence-corrected chi connectivity index (χ3v) is 3.83. The molecule has 116 valence electrons. The van der Waals surface area contributed by atoms with E-state index < -0.39 is 17.0 Å². The first kappa shape index (κ1) is 17.5. The number of amides is 1. The first-order valence-electron chi connectivity index (χ1n) is 6.93. The van der Waals surface area contributed by atoms with Crippen LogP contribution in [0.15, 0.2) is 18.2 Å². The van der Waals surface area contributed by atoms with E-state index in [2.05, 4.69) is 5.32 Å². The molecule has 0 spiro atoms. The number of anilines is 1. The minimum Gasteiger partial charge on any atom is -0.392 e. The maximum atomic E-state index is 13.2. The van der Waals surface area contributed by atoms with Crippen molar-refractivity contribution in [3.63, 3.8) is 0 Å². The van der Waals surface area contributed by atoms with Crippen LogP contribution in [0.5, 0.6) is 0 Å². The van der Waals surface area contributed by atoms with Crippen molar-refractivity contribution < 1.29 is 13.6 Å². The molecule has 0 aliphatic carbocycles. The number of benzene rings is 1. The lowest BCUT2D eigenvalue weighted by molar-refractivity contribution is -0.122. The van der Waals surface area contributed by atoms with Crippen molar-refractivity contribution >= 4 is 28.8 Å². The smallest absolute Gasteiger partial charge is 0.237 e. The molecule has 0 heterocycles. The van der Waals surface area contributed by atoms with E-state index in [1.807, 2.05) is 13.8 Å². The van der Waals surface area contributed by atoms with Gasteiger partial charge < -0.3 is 11.1 Å². The largest absolute Gasteiger partial charge is 0.392 e. The number of carbonyl (C=O) groups is 1. The molecule has 6 heteroatoms. The van der Waals surface area contributed by atoms with Crippen LogP contribution in [0.1, 0.15) is 39.5 Å². The van der Waals surface area contributed by atoms with Crippen molar-refractivity contribution in [3.8, 4) is 0 Å². The van der Waals surface area contributed by atoms with Crippen molar-refractivity contribution in [2.45, 2.75) is 39.5 Å². The van der Waals surface area contributed by atoms with Gasteiger partial charge >= 0.3 is 0 Å². The molecule has 0 saturated heterocycles. The molecule has 0 bridgehead atoms. The second kappa shape index (κ2) is 7.45. The summed E-state index contributed by atoms with van der Waals surface area (Å²) in [6.45, 7) is 3.88. The van der Waals surface area contributed by atoms with Crippen LogP contribution in [0.25, 0.3) is 0 Å². The Balaban J connectivity index is 3.04. The summed E-state index contributed by atoms with van der Waals surface area (Å²) in [5.74, 6) is -2.35. The molecule has 0 unspecified atom stereocenters. The minimum atomic E-state index is -1.01. The van der Waals surface area contributed by atoms with Crippen LogP contribution < -0.4 is 11.1 Å². The van der Waals surface area contributed by atoms with Crippen molar-refractivity contribution in [2.24, 2.45) is 11.1 Å². The number of hydrogen-bond donors (Lipinski definition) is 2. The monoisotopic (exact) mass is 314 g/mol. The highest BCUT2D eigenvalue weighted by Crippen LogP contribution is 2.32. The summed E-state index contributed by atoms with van der Waals surface area (Å²) in [5, 5.41) is 2.59. The van der Waals surface area contributed by atoms with Crippen LogP contribution in [-0.2, 0) is 4.79 Å². The van der Waals surface area contributed by atoms with E-state index in [4.69, 9.17) is 18.0 Å². The molecule has 21 heavy (non-hydrogen) atoms. The molecule has 0 aliphatic rings. The van der Waals surface area contributed by atoms with E-state index in [1.165, 1.54) is 6.07 Å². The molecular formula is C15H20F2N2OS. The molecule has 0 saturated carbocycles. The van der Waals surface area contributed by atoms with Crippen molar-refractivity contribution in [1.29, 1.82) is 0 Å². The Morgan fingerprint density at radius 2 is 1.81 bits per heavy atom. The summed E-state index contributed by atoms with van der Waals surface area (Å²) >= 11 is 5.08. The van der Waals surface area contributed by atoms with Gasteiger partial charge in [0.2, 0.25) is 5.91 Å². The highest BCUT2D eigenvalue weighted by Gasteiger charge is 2.39. The van der Waals surface area contributed by atoms with E-state index in [0.717, 1.165) is 25.0 Å². The van der Waals surface area contributed by atoms with Crippen molar-refractivity contribution in [1.82, 2.24) is 0 Å². The zero-order valence-corrected chi connectivity index (χ0v) is 13.0. The molecule has 3 N–H and O–H groups in total. The predicted octanol–water partition coefficient (Wildman–Crippen LogP) is 3.78. The maximum Gasteiger partial charge on any atom is 0.237 e. The average Bonchev–Trinajstić information content (AvgIpc) is 2.42. The fraction of sp³-hybridized carbons (Fsp3) is 0.467. The molecule has 1 rings (SSSR count). The Morgan fingerprint density at radius 1 is 1.24 bits per heavy atom. The van der Waals surface area contributed by atoms with Gasteiger partial charge in [0.1, 0.15) is 0 Å². The number of nitrogens with one attached hydrogen (secondary N) is 1. The molecule has 3 nitrogen and oxygen atoms in total. The first-order chi connectivity index (χ1) is 9.87. The fourth-order valence-corrected chi connectivity index (χ4v) is 2.69. The summed E-state index contributed by atoms with van der Waals surface area (Å²) in [6, 6.07) is 3.21. The quantitative estimate of drug-likeness (QED) is 0.753. The zero-order chi connectivity index (χ0) is 16.0. The van der Waals surface area contributed by atoms with E-state index in [0.29, 0.717) is 12.8 Å². The van der Waals surface area contributed by atoms with Crippen molar-refractivity contribution in [2.75, 3.05) is 5.32 Å². The lowest BCUT2D eigenvalue weighted by Gasteiger charge is -2.31. The number of thiocarbonyl (C=S) groups is 1. The fourth-order valence-electron chi connectivity index (χ4n) is 2.39. The van der Waals surface area contributed by atoms with E-state index in [9.17, 15) is 13.6 Å². The molecule has 0 fully saturated rings. The van der Waals surface area contributed by atoms with Gasteiger partial charge in [0, 0.05) is 11.8 Å². The average molecular weight is 314 g/mol. The molecule has 0 aromatic heterocycles. The Bertz CT molecular complexity index is 528. The molecular weight excluding hydrogens is 294 g/mol. The van der Waals surface area contributed by atoms with Gasteiger partial charge in [-0.15, -0.1) is 0 Å². The highest BCUT2D eigenvalue weighted by molar-refractivity contribution is 7.80. The molecule has 1 aromatic rings. The maximum absolute atomic E-state index is 13.2. The number of rotatable bonds is 7. The summed E-state index contributed by atoms with van der Waals surface area (Å²) < 4.78 is 26.1. The van der Waals surface area contributed by atoms with Gasteiger partial charge in [0.15, 0.2) is 11.6 Å². The minimum absolute atomic E-state index is 0.131. The third kappa shape index (κ3) is 3.97. The summed E-state index contributed by atoms with van der Waals surface area (Å²) in [7, 11) is 0. The Morgan fingerprint density at radius 3 is 2.24 bits per heavy atom. The second-order valence-electron chi connectivity index (χ2n) is 5.03. The summed E-state index contributed by atoms with van der Waals surface area (Å²) in [5.41, 5.74) is 5.02. The van der Waals surface area contributed by atoms with Gasteiger partial charge in [-0.2, -0.15) is 0 Å². The van der Waals surface area contributed by atoms with Crippen molar-refractivity contribution in [3.05, 3.63) is 29.8 Å². The molecule has 1 aromatic carbocycles. The van der Waals surface area contributed by atoms with E-state index in [-0.39, 0.29) is 16.6 Å². The van der Waals surface area contributed by atoms with Gasteiger partial charge in [0.25, 0.3) is 0 Å². The van der Waals surface area contributed by atoms with Crippen LogP contribution >= 0.6 is 12.2 Å². The molecule has 1 amide bonds. The van der Waals surface area contributed by atoms with Gasteiger partial charge in [0.05, 0.1) is 10.4 Å². The molecule has 0 aliphatic heterocycles. The Kier molecular flexibility index (Phi) is 6.20. The first-order valence-corrected chi connectivity index (χ1v) is 7.34. The standard InChI is InChI=1S/C15H20F2N2OS/c1-3-7-15(8-4-2,13(18)21)14(20)19-10-5-6-11(16)12(17)9-10/h5-6,9H,3-4,7-8H2,1-2H3,(H2,18,21)(H,19,20). The van der Waals surface area contributed by atoms with Crippen LogP contribution in [-0.4, -0.2) is 10.9 Å². The Labute approximate surface area is 128 Å². The van der Waals surface area contributed by atoms with Gasteiger partial charge in [-0.25, -0.2) is 8.78 Å². The third-order valence-electron chi connectivity index (χ3n) is 3.44. The molecule has 0 atom stereocenters. The molecule has 0 radical (unpaired) electrons.